The molecule has 14 heavy (non-hydrogen) atoms. The number of benzene rings is 1. The van der Waals surface area contributed by atoms with Crippen LogP contribution in [0.5, 0.6) is 5.75 Å². The average molecular weight is 257 g/mol. The van der Waals surface area contributed by atoms with Gasteiger partial charge in [-0.25, -0.2) is 0 Å². The standard InChI is InChI=1S/C9H9BrN2O2/c10-5-2-1-3-7-8(5)12-9(13)6(11)4-14-7/h1-3,6H,4,11H2,(H,12,13). The molecule has 0 aromatic heterocycles. The Labute approximate surface area is 89.6 Å². The molecule has 0 bridgehead atoms. The predicted molar refractivity (Wildman–Crippen MR) is 56.2 cm³/mol. The summed E-state index contributed by atoms with van der Waals surface area (Å²) in [5.41, 5.74) is 6.20. The van der Waals surface area contributed by atoms with Crippen LogP contribution in [-0.4, -0.2) is 18.6 Å². The van der Waals surface area contributed by atoms with Crippen LogP contribution < -0.4 is 15.8 Å². The molecule has 0 radical (unpaired) electrons. The van der Waals surface area contributed by atoms with E-state index in [-0.39, 0.29) is 12.5 Å². The van der Waals surface area contributed by atoms with E-state index in [9.17, 15) is 4.79 Å². The number of ether oxygens (including phenoxy) is 1. The van der Waals surface area contributed by atoms with E-state index in [0.29, 0.717) is 11.4 Å². The molecular formula is C9H9BrN2O2. The monoisotopic (exact) mass is 256 g/mol. The van der Waals surface area contributed by atoms with Gasteiger partial charge in [0, 0.05) is 4.47 Å². The summed E-state index contributed by atoms with van der Waals surface area (Å²) < 4.78 is 6.16. The van der Waals surface area contributed by atoms with Crippen LogP contribution in [0.25, 0.3) is 0 Å². The second-order valence-corrected chi connectivity index (χ2v) is 3.87. The SMILES string of the molecule is NC1COc2cccc(Br)c2NC1=O. The van der Waals surface area contributed by atoms with E-state index in [4.69, 9.17) is 10.5 Å². The number of carbonyl (C=O) groups excluding carboxylic acids is 1. The van der Waals surface area contributed by atoms with Crippen molar-refractivity contribution in [1.29, 1.82) is 0 Å². The number of nitrogens with two attached hydrogens (primary N) is 1. The quantitative estimate of drug-likeness (QED) is 0.731. The number of anilines is 1. The lowest BCUT2D eigenvalue weighted by Crippen LogP contribution is -2.38. The lowest BCUT2D eigenvalue weighted by atomic mass is 10.3. The van der Waals surface area contributed by atoms with Gasteiger partial charge in [-0.15, -0.1) is 0 Å². The number of fused-ring (bicyclic) bond motifs is 1. The molecule has 0 spiro atoms. The first-order valence-corrected chi connectivity index (χ1v) is 4.95. The summed E-state index contributed by atoms with van der Waals surface area (Å²) in [6.07, 6.45) is 0. The number of rotatable bonds is 0. The zero-order chi connectivity index (χ0) is 10.1. The first-order chi connectivity index (χ1) is 6.68. The van der Waals surface area contributed by atoms with Gasteiger partial charge in [0.25, 0.3) is 0 Å². The highest BCUT2D eigenvalue weighted by molar-refractivity contribution is 9.10. The van der Waals surface area contributed by atoms with Crippen LogP contribution >= 0.6 is 15.9 Å². The normalized spacial score (nSPS) is 20.4. The van der Waals surface area contributed by atoms with Gasteiger partial charge in [-0.05, 0) is 28.1 Å². The first-order valence-electron chi connectivity index (χ1n) is 4.16. The second kappa shape index (κ2) is 3.59. The Hall–Kier alpha value is -1.07. The Bertz CT molecular complexity index is 381. The van der Waals surface area contributed by atoms with Crippen molar-refractivity contribution in [3.8, 4) is 5.75 Å². The van der Waals surface area contributed by atoms with E-state index in [1.807, 2.05) is 12.1 Å². The zero-order valence-corrected chi connectivity index (χ0v) is 8.87. The van der Waals surface area contributed by atoms with Gasteiger partial charge in [-0.3, -0.25) is 4.79 Å². The molecule has 0 saturated heterocycles. The fourth-order valence-electron chi connectivity index (χ4n) is 1.22. The molecule has 0 saturated carbocycles. The summed E-state index contributed by atoms with van der Waals surface area (Å²) in [5, 5.41) is 2.70. The highest BCUT2D eigenvalue weighted by atomic mass is 79.9. The van der Waals surface area contributed by atoms with E-state index in [0.717, 1.165) is 4.47 Å². The van der Waals surface area contributed by atoms with Crippen LogP contribution in [0.2, 0.25) is 0 Å². The van der Waals surface area contributed by atoms with E-state index in [2.05, 4.69) is 21.2 Å². The Morgan fingerprint density at radius 3 is 3.14 bits per heavy atom. The topological polar surface area (TPSA) is 64.3 Å². The Morgan fingerprint density at radius 2 is 2.36 bits per heavy atom. The van der Waals surface area contributed by atoms with Gasteiger partial charge in [0.05, 0.1) is 5.69 Å². The molecule has 74 valence electrons. The maximum absolute atomic E-state index is 11.4. The van der Waals surface area contributed by atoms with Crippen molar-refractivity contribution in [2.45, 2.75) is 6.04 Å². The summed E-state index contributed by atoms with van der Waals surface area (Å²) in [6.45, 7) is 0.204. The lowest BCUT2D eigenvalue weighted by molar-refractivity contribution is -0.117. The van der Waals surface area contributed by atoms with Gasteiger partial charge < -0.3 is 15.8 Å². The number of hydrogen-bond acceptors (Lipinski definition) is 3. The summed E-state index contributed by atoms with van der Waals surface area (Å²) in [4.78, 5) is 11.4. The second-order valence-electron chi connectivity index (χ2n) is 3.02. The fraction of sp³-hybridized carbons (Fsp3) is 0.222. The number of nitrogens with one attached hydrogen (secondary N) is 1. The van der Waals surface area contributed by atoms with E-state index in [1.54, 1.807) is 6.07 Å². The zero-order valence-electron chi connectivity index (χ0n) is 7.29. The van der Waals surface area contributed by atoms with Crippen molar-refractivity contribution in [1.82, 2.24) is 0 Å². The van der Waals surface area contributed by atoms with Gasteiger partial charge in [0.2, 0.25) is 5.91 Å². The van der Waals surface area contributed by atoms with Crippen molar-refractivity contribution in [3.63, 3.8) is 0 Å². The highest BCUT2D eigenvalue weighted by Crippen LogP contribution is 2.33. The third-order valence-electron chi connectivity index (χ3n) is 1.98. The van der Waals surface area contributed by atoms with E-state index < -0.39 is 6.04 Å². The van der Waals surface area contributed by atoms with Crippen molar-refractivity contribution in [2.24, 2.45) is 5.73 Å². The van der Waals surface area contributed by atoms with Crippen molar-refractivity contribution >= 4 is 27.5 Å². The molecule has 2 rings (SSSR count). The third kappa shape index (κ3) is 1.60. The molecule has 1 aliphatic heterocycles. The minimum Gasteiger partial charge on any atom is -0.489 e. The van der Waals surface area contributed by atoms with Crippen LogP contribution in [-0.2, 0) is 4.79 Å². The van der Waals surface area contributed by atoms with Crippen LogP contribution in [0.4, 0.5) is 5.69 Å². The molecule has 1 unspecified atom stereocenters. The van der Waals surface area contributed by atoms with Crippen LogP contribution in [0, 0.1) is 0 Å². The number of hydrogen-bond donors (Lipinski definition) is 2. The third-order valence-corrected chi connectivity index (χ3v) is 2.64. The molecule has 0 fully saturated rings. The molecule has 1 heterocycles. The molecule has 5 heteroatoms. The molecule has 0 aliphatic carbocycles. The van der Waals surface area contributed by atoms with E-state index >= 15 is 0 Å². The first kappa shape index (κ1) is 9.48. The number of amides is 1. The van der Waals surface area contributed by atoms with Crippen LogP contribution in [0.15, 0.2) is 22.7 Å². The number of para-hydroxylation sites is 1. The largest absolute Gasteiger partial charge is 0.489 e. The molecule has 4 nitrogen and oxygen atoms in total. The molecule has 1 aliphatic rings. The fourth-order valence-corrected chi connectivity index (χ4v) is 1.66. The predicted octanol–water partition coefficient (Wildman–Crippen LogP) is 1.11. The van der Waals surface area contributed by atoms with Crippen LogP contribution in [0.3, 0.4) is 0 Å². The van der Waals surface area contributed by atoms with E-state index in [1.165, 1.54) is 0 Å². The highest BCUT2D eigenvalue weighted by Gasteiger charge is 2.22. The average Bonchev–Trinajstić information content (AvgIpc) is 2.30. The van der Waals surface area contributed by atoms with Gasteiger partial charge in [-0.1, -0.05) is 6.07 Å². The Balaban J connectivity index is 2.43. The lowest BCUT2D eigenvalue weighted by Gasteiger charge is -2.07. The van der Waals surface area contributed by atoms with Crippen molar-refractivity contribution in [2.75, 3.05) is 11.9 Å². The van der Waals surface area contributed by atoms with Crippen LogP contribution in [0.1, 0.15) is 0 Å². The number of halogens is 1. The molecule has 1 aromatic rings. The van der Waals surface area contributed by atoms with Gasteiger partial charge in [0.1, 0.15) is 18.4 Å². The molecule has 1 aromatic carbocycles. The maximum atomic E-state index is 11.4. The molecule has 3 N–H and O–H groups in total. The summed E-state index contributed by atoms with van der Waals surface area (Å²) in [6, 6.07) is 4.85. The summed E-state index contributed by atoms with van der Waals surface area (Å²) in [7, 11) is 0. The molecule has 1 atom stereocenters. The summed E-state index contributed by atoms with van der Waals surface area (Å²) in [5.74, 6) is 0.413. The number of carbonyl (C=O) groups is 1. The molecular weight excluding hydrogens is 248 g/mol. The van der Waals surface area contributed by atoms with Crippen molar-refractivity contribution < 1.29 is 9.53 Å². The minimum absolute atomic E-state index is 0.204. The van der Waals surface area contributed by atoms with Gasteiger partial charge >= 0.3 is 0 Å². The maximum Gasteiger partial charge on any atom is 0.244 e. The van der Waals surface area contributed by atoms with Gasteiger partial charge in [0.15, 0.2) is 0 Å². The minimum atomic E-state index is -0.616. The van der Waals surface area contributed by atoms with Gasteiger partial charge in [-0.2, -0.15) is 0 Å². The Kier molecular flexibility index (Phi) is 2.43. The molecule has 1 amide bonds. The van der Waals surface area contributed by atoms with Crippen molar-refractivity contribution in [3.05, 3.63) is 22.7 Å². The summed E-state index contributed by atoms with van der Waals surface area (Å²) >= 11 is 3.33. The smallest absolute Gasteiger partial charge is 0.244 e. The Morgan fingerprint density at radius 1 is 1.57 bits per heavy atom.